The zero-order valence-corrected chi connectivity index (χ0v) is 18.0. The molecule has 28 heavy (non-hydrogen) atoms. The molecule has 0 saturated heterocycles. The molecule has 4 nitrogen and oxygen atoms in total. The lowest BCUT2D eigenvalue weighted by Crippen LogP contribution is -2.50. The third-order valence-electron chi connectivity index (χ3n) is 5.27. The van der Waals surface area contributed by atoms with Crippen molar-refractivity contribution < 1.29 is 9.53 Å². The van der Waals surface area contributed by atoms with Crippen LogP contribution in [0.2, 0.25) is 0 Å². The monoisotopic (exact) mass is 380 g/mol. The molecule has 1 aliphatic rings. The van der Waals surface area contributed by atoms with Crippen LogP contribution in [0, 0.1) is 5.41 Å². The van der Waals surface area contributed by atoms with Gasteiger partial charge in [0, 0.05) is 30.5 Å². The van der Waals surface area contributed by atoms with Crippen molar-refractivity contribution in [3.8, 4) is 11.1 Å². The van der Waals surface area contributed by atoms with E-state index in [1.807, 2.05) is 37.9 Å². The Hall–Kier alpha value is -2.36. The first kappa shape index (κ1) is 20.4. The fraction of sp³-hybridized carbons (Fsp3) is 0.500. The van der Waals surface area contributed by atoms with E-state index in [9.17, 15) is 4.79 Å². The Balaban J connectivity index is 2.00. The summed E-state index contributed by atoms with van der Waals surface area (Å²) < 4.78 is 5.75. The Morgan fingerprint density at radius 2 is 1.86 bits per heavy atom. The van der Waals surface area contributed by atoms with E-state index >= 15 is 0 Å². The number of carbonyl (C=O) groups excluding carboxylic acids is 1. The van der Waals surface area contributed by atoms with Gasteiger partial charge in [-0.1, -0.05) is 45.0 Å². The summed E-state index contributed by atoms with van der Waals surface area (Å²) in [4.78, 5) is 19.3. The first-order valence-corrected chi connectivity index (χ1v) is 10.1. The molecule has 3 rings (SSSR count). The minimum Gasteiger partial charge on any atom is -0.444 e. The molecular weight excluding hydrogens is 348 g/mol. The van der Waals surface area contributed by atoms with Crippen LogP contribution in [0.25, 0.3) is 11.1 Å². The van der Waals surface area contributed by atoms with Crippen molar-refractivity contribution in [2.45, 2.75) is 66.0 Å². The van der Waals surface area contributed by atoms with Crippen molar-refractivity contribution in [1.29, 1.82) is 0 Å². The molecule has 4 heteroatoms. The molecule has 0 spiro atoms. The minimum absolute atomic E-state index is 0.0528. The number of rotatable bonds is 1. The Morgan fingerprint density at radius 1 is 1.11 bits per heavy atom. The first-order valence-electron chi connectivity index (χ1n) is 10.1. The number of fused-ring (bicyclic) bond motifs is 1. The lowest BCUT2D eigenvalue weighted by molar-refractivity contribution is 0.00354. The number of pyridine rings is 1. The van der Waals surface area contributed by atoms with Gasteiger partial charge in [0.1, 0.15) is 5.60 Å². The van der Waals surface area contributed by atoms with Gasteiger partial charge in [0.25, 0.3) is 0 Å². The molecule has 150 valence electrons. The molecule has 1 aromatic carbocycles. The van der Waals surface area contributed by atoms with Gasteiger partial charge in [0.2, 0.25) is 0 Å². The van der Waals surface area contributed by atoms with Crippen molar-refractivity contribution in [3.63, 3.8) is 0 Å². The summed E-state index contributed by atoms with van der Waals surface area (Å²) in [6.07, 6.45) is 5.12. The van der Waals surface area contributed by atoms with E-state index in [4.69, 9.17) is 4.74 Å². The number of hydrogen-bond donors (Lipinski definition) is 0. The topological polar surface area (TPSA) is 42.4 Å². The maximum absolute atomic E-state index is 13.0. The Morgan fingerprint density at radius 3 is 2.46 bits per heavy atom. The number of nitrogens with zero attached hydrogens (tertiary/aromatic N) is 2. The summed E-state index contributed by atoms with van der Waals surface area (Å²) >= 11 is 0. The van der Waals surface area contributed by atoms with Gasteiger partial charge in [-0.3, -0.25) is 4.98 Å². The standard InChI is InChI=1S/C24H32N2O2/c1-23(2,3)21-15-17-9-7-11-19(18-10-8-13-25-16-18)20(17)12-14-26(21)22(27)28-24(4,5)6/h7-11,13,16,21H,12,14-15H2,1-6H3. The number of benzene rings is 1. The third-order valence-corrected chi connectivity index (χ3v) is 5.27. The molecule has 0 bridgehead atoms. The molecule has 0 fully saturated rings. The summed E-state index contributed by atoms with van der Waals surface area (Å²) in [5.41, 5.74) is 4.41. The van der Waals surface area contributed by atoms with Crippen molar-refractivity contribution in [2.24, 2.45) is 5.41 Å². The van der Waals surface area contributed by atoms with Crippen molar-refractivity contribution in [2.75, 3.05) is 6.54 Å². The number of hydrogen-bond acceptors (Lipinski definition) is 3. The van der Waals surface area contributed by atoms with Crippen LogP contribution in [0.5, 0.6) is 0 Å². The molecule has 0 N–H and O–H groups in total. The van der Waals surface area contributed by atoms with Crippen LogP contribution < -0.4 is 0 Å². The molecule has 1 atom stereocenters. The van der Waals surface area contributed by atoms with Crippen molar-refractivity contribution in [3.05, 3.63) is 53.9 Å². The van der Waals surface area contributed by atoms with Crippen LogP contribution in [0.3, 0.4) is 0 Å². The minimum atomic E-state index is -0.500. The average molecular weight is 381 g/mol. The first-order chi connectivity index (χ1) is 13.1. The van der Waals surface area contributed by atoms with Gasteiger partial charge in [0.15, 0.2) is 0 Å². The Bertz CT molecular complexity index is 832. The molecule has 1 aromatic heterocycles. The zero-order valence-electron chi connectivity index (χ0n) is 18.0. The van der Waals surface area contributed by atoms with Crippen molar-refractivity contribution in [1.82, 2.24) is 9.88 Å². The highest BCUT2D eigenvalue weighted by atomic mass is 16.6. The molecule has 1 amide bonds. The highest BCUT2D eigenvalue weighted by Gasteiger charge is 2.38. The van der Waals surface area contributed by atoms with E-state index in [0.29, 0.717) is 6.54 Å². The maximum atomic E-state index is 13.0. The fourth-order valence-corrected chi connectivity index (χ4v) is 3.93. The number of carbonyl (C=O) groups is 1. The number of ether oxygens (including phenoxy) is 1. The third kappa shape index (κ3) is 4.54. The van der Waals surface area contributed by atoms with Crippen LogP contribution in [-0.2, 0) is 17.6 Å². The van der Waals surface area contributed by atoms with E-state index in [-0.39, 0.29) is 17.6 Å². The molecule has 2 aromatic rings. The van der Waals surface area contributed by atoms with Gasteiger partial charge in [0.05, 0.1) is 0 Å². The molecule has 0 radical (unpaired) electrons. The van der Waals surface area contributed by atoms with E-state index in [0.717, 1.165) is 18.4 Å². The van der Waals surface area contributed by atoms with E-state index < -0.39 is 5.60 Å². The normalized spacial score (nSPS) is 17.6. The van der Waals surface area contributed by atoms with Gasteiger partial charge in [-0.05, 0) is 61.8 Å². The summed E-state index contributed by atoms with van der Waals surface area (Å²) in [6.45, 7) is 13.0. The molecule has 1 unspecified atom stereocenters. The number of amides is 1. The van der Waals surface area contributed by atoms with Gasteiger partial charge in [-0.2, -0.15) is 0 Å². The lowest BCUT2D eigenvalue weighted by Gasteiger charge is -2.39. The Labute approximate surface area is 168 Å². The predicted octanol–water partition coefficient (Wildman–Crippen LogP) is 5.50. The summed E-state index contributed by atoms with van der Waals surface area (Å²) in [6, 6.07) is 10.6. The van der Waals surface area contributed by atoms with Crippen LogP contribution in [0.15, 0.2) is 42.7 Å². The lowest BCUT2D eigenvalue weighted by atomic mass is 9.81. The molecule has 2 heterocycles. The summed E-state index contributed by atoms with van der Waals surface area (Å²) in [5, 5.41) is 0. The quantitative estimate of drug-likeness (QED) is 0.656. The Kier molecular flexibility index (Phi) is 5.51. The van der Waals surface area contributed by atoms with Gasteiger partial charge >= 0.3 is 6.09 Å². The van der Waals surface area contributed by atoms with Crippen LogP contribution in [0.1, 0.15) is 52.7 Å². The molecule has 0 aliphatic carbocycles. The van der Waals surface area contributed by atoms with Gasteiger partial charge in [-0.15, -0.1) is 0 Å². The van der Waals surface area contributed by atoms with Crippen LogP contribution in [-0.4, -0.2) is 34.2 Å². The fourth-order valence-electron chi connectivity index (χ4n) is 3.93. The largest absolute Gasteiger partial charge is 0.444 e. The summed E-state index contributed by atoms with van der Waals surface area (Å²) in [5.74, 6) is 0. The predicted molar refractivity (Wildman–Crippen MR) is 113 cm³/mol. The molecular formula is C24H32N2O2. The summed E-state index contributed by atoms with van der Waals surface area (Å²) in [7, 11) is 0. The zero-order chi connectivity index (χ0) is 20.5. The van der Waals surface area contributed by atoms with Crippen LogP contribution >= 0.6 is 0 Å². The second kappa shape index (κ2) is 7.57. The molecule has 1 aliphatic heterocycles. The van der Waals surface area contributed by atoms with Gasteiger partial charge < -0.3 is 9.64 Å². The SMILES string of the molecule is CC(C)(C)OC(=O)N1CCc2c(cccc2-c2cccnc2)CC1C(C)(C)C. The van der Waals surface area contributed by atoms with E-state index in [1.165, 1.54) is 16.7 Å². The van der Waals surface area contributed by atoms with Crippen LogP contribution in [0.4, 0.5) is 4.79 Å². The maximum Gasteiger partial charge on any atom is 0.410 e. The van der Waals surface area contributed by atoms with E-state index in [2.05, 4.69) is 50.0 Å². The highest BCUT2D eigenvalue weighted by molar-refractivity contribution is 5.71. The molecule has 0 saturated carbocycles. The second-order valence-electron chi connectivity index (χ2n) is 9.69. The smallest absolute Gasteiger partial charge is 0.410 e. The van der Waals surface area contributed by atoms with E-state index in [1.54, 1.807) is 6.20 Å². The second-order valence-corrected chi connectivity index (χ2v) is 9.69. The number of aromatic nitrogens is 1. The highest BCUT2D eigenvalue weighted by Crippen LogP contribution is 2.35. The van der Waals surface area contributed by atoms with Crippen molar-refractivity contribution >= 4 is 6.09 Å². The average Bonchev–Trinajstić information content (AvgIpc) is 2.80. The van der Waals surface area contributed by atoms with Gasteiger partial charge in [-0.25, -0.2) is 4.79 Å².